The zero-order valence-electron chi connectivity index (χ0n) is 56.1. The van der Waals surface area contributed by atoms with E-state index >= 15 is 0 Å². The fourth-order valence-electron chi connectivity index (χ4n) is 15.0. The van der Waals surface area contributed by atoms with Gasteiger partial charge in [-0.1, -0.05) is 349 Å². The van der Waals surface area contributed by atoms with Crippen LogP contribution in [0.5, 0.6) is 0 Å². The van der Waals surface area contributed by atoms with Crippen LogP contribution in [0.25, 0.3) is 49.7 Å². The summed E-state index contributed by atoms with van der Waals surface area (Å²) in [5.74, 6) is 1.61. The average Bonchev–Trinajstić information content (AvgIpc) is 1.52. The number of benzene rings is 11. The normalized spacial score (nSPS) is 17.4. The molecule has 16 rings (SSSR count). The van der Waals surface area contributed by atoms with E-state index in [2.05, 4.69) is 290 Å². The van der Waals surface area contributed by atoms with Crippen molar-refractivity contribution in [2.75, 3.05) is 0 Å². The molecule has 4 unspecified atom stereocenters. The van der Waals surface area contributed by atoms with Crippen LogP contribution in [0, 0.1) is 33.6 Å². The third-order valence-corrected chi connectivity index (χ3v) is 19.2. The van der Waals surface area contributed by atoms with E-state index in [-0.39, 0.29) is 0 Å². The Bertz CT molecular complexity index is 4380. The fraction of sp³-hybridized carbons (Fsp3) is 0.217. The van der Waals surface area contributed by atoms with Crippen molar-refractivity contribution in [3.63, 3.8) is 0 Å². The molecule has 4 atom stereocenters. The van der Waals surface area contributed by atoms with Gasteiger partial charge >= 0.3 is 0 Å². The van der Waals surface area contributed by atoms with Crippen LogP contribution in [-0.4, -0.2) is 0 Å². The smallest absolute Gasteiger partial charge is 0.0714 e. The van der Waals surface area contributed by atoms with Crippen molar-refractivity contribution < 1.29 is 0 Å². The lowest BCUT2D eigenvalue weighted by atomic mass is 9.66. The Morgan fingerprint density at radius 3 is 1.65 bits per heavy atom. The molecule has 0 nitrogen and oxygen atoms in total. The van der Waals surface area contributed by atoms with E-state index in [1.54, 1.807) is 5.57 Å². The van der Waals surface area contributed by atoms with Crippen LogP contribution in [-0.2, 0) is 24.7 Å². The molecule has 5 aliphatic rings. The van der Waals surface area contributed by atoms with Gasteiger partial charge in [0.05, 0.1) is 5.41 Å². The molecule has 0 heteroatoms. The predicted molar refractivity (Wildman–Crippen MR) is 398 cm³/mol. The van der Waals surface area contributed by atoms with Gasteiger partial charge in [-0.2, -0.15) is 0 Å². The van der Waals surface area contributed by atoms with Crippen LogP contribution in [0.4, 0.5) is 0 Å². The average molecular weight is 1200 g/mol. The maximum absolute atomic E-state index is 2.58. The van der Waals surface area contributed by atoms with Crippen molar-refractivity contribution in [1.29, 1.82) is 0 Å². The summed E-state index contributed by atoms with van der Waals surface area (Å²) < 4.78 is 0. The number of aryl methyl sites for hydroxylation is 5. The Morgan fingerprint density at radius 1 is 0.435 bits per heavy atom. The van der Waals surface area contributed by atoms with Crippen LogP contribution >= 0.6 is 0 Å². The van der Waals surface area contributed by atoms with E-state index in [1.807, 2.05) is 64.1 Å². The Hall–Kier alpha value is -9.36. The number of fused-ring (bicyclic) bond motifs is 11. The van der Waals surface area contributed by atoms with Gasteiger partial charge in [-0.05, 0) is 195 Å². The molecule has 5 aliphatic carbocycles. The molecular weight excluding hydrogens is 1110 g/mol. The Balaban J connectivity index is 0.000000206. The number of allylic oxidation sites excluding steroid dienone is 8. The van der Waals surface area contributed by atoms with Crippen molar-refractivity contribution in [3.05, 3.63) is 374 Å². The van der Waals surface area contributed by atoms with Gasteiger partial charge in [-0.3, -0.25) is 0 Å². The molecule has 0 fully saturated rings. The second kappa shape index (κ2) is 29.7. The van der Waals surface area contributed by atoms with Crippen LogP contribution < -0.4 is 0 Å². The van der Waals surface area contributed by atoms with Gasteiger partial charge < -0.3 is 0 Å². The van der Waals surface area contributed by atoms with Crippen LogP contribution in [0.2, 0.25) is 0 Å². The monoisotopic (exact) mass is 1200 g/mol. The van der Waals surface area contributed by atoms with Crippen molar-refractivity contribution in [2.45, 2.75) is 125 Å². The van der Waals surface area contributed by atoms with Crippen molar-refractivity contribution >= 4 is 16.3 Å². The van der Waals surface area contributed by atoms with E-state index < -0.39 is 5.41 Å². The standard InChI is InChI=1S/C58H48.C16H16.2C7H8.2C2H6/c1-38-34-55-57(52-20-12-11-18-50(38)52)53-32-21-40(35-41-33-39(2)56-47(36-41)23-22-46-17-9-10-19-51(46)56)37-54(53)58(55,48-28-24-44(25-29-48)42-13-5-3-6-14-42)49-30-26-45(27-31-49)43-15-7-4-8-16-43;1-11-7-8-15-13(9-11)10-12(2)14-5-3-4-6-16(14)15;2*1-7-5-3-2-4-6-7;2*1-2/h3-7,9-15,17-21,24-34,36-37,39,56H,8,16,22-23,35H2,1-2H3;3-9,12H,10H2,1-2H3;2*2-6H,1H3;2*1-2H3. The first-order valence-corrected chi connectivity index (χ1v) is 34.1. The van der Waals surface area contributed by atoms with E-state index in [4.69, 9.17) is 0 Å². The highest BCUT2D eigenvalue weighted by Crippen LogP contribution is 2.59. The topological polar surface area (TPSA) is 0 Å². The molecule has 0 heterocycles. The molecule has 11 aromatic carbocycles. The van der Waals surface area contributed by atoms with Gasteiger partial charge in [0, 0.05) is 5.92 Å². The summed E-state index contributed by atoms with van der Waals surface area (Å²) in [7, 11) is 0. The highest BCUT2D eigenvalue weighted by Gasteiger charge is 2.47. The quantitative estimate of drug-likeness (QED) is 0.156. The van der Waals surface area contributed by atoms with Crippen molar-refractivity contribution in [2.24, 2.45) is 5.92 Å². The van der Waals surface area contributed by atoms with Gasteiger partial charge in [-0.15, -0.1) is 0 Å². The second-order valence-electron chi connectivity index (χ2n) is 25.3. The maximum atomic E-state index is 2.58. The SMILES string of the molecule is CC.CC.Cc1cc2c(c3ccccc13)-c1ccc(CC3=CC(C)C4C(=C3)CCc3ccccc34)cc1C2(c1ccc(C2=CC=CCC2)cc1)c1ccc(-c2ccccc2)cc1.Cc1ccc2c(c1)CC(C)c1ccccc1-2.Cc1ccccc1.Cc1ccccc1. The zero-order chi connectivity index (χ0) is 64.1. The molecular formula is C92H92. The summed E-state index contributed by atoms with van der Waals surface area (Å²) in [5, 5.41) is 2.66. The highest BCUT2D eigenvalue weighted by atomic mass is 14.5. The largest absolute Gasteiger partial charge is 0.0842 e. The summed E-state index contributed by atoms with van der Waals surface area (Å²) >= 11 is 0. The lowest BCUT2D eigenvalue weighted by molar-refractivity contribution is 0.553. The summed E-state index contributed by atoms with van der Waals surface area (Å²) in [6.07, 6.45) is 18.5. The molecule has 92 heavy (non-hydrogen) atoms. The molecule has 0 saturated heterocycles. The van der Waals surface area contributed by atoms with Gasteiger partial charge in [0.25, 0.3) is 0 Å². The van der Waals surface area contributed by atoms with E-state index in [0.29, 0.717) is 17.8 Å². The molecule has 0 aromatic heterocycles. The number of rotatable bonds is 6. The summed E-state index contributed by atoms with van der Waals surface area (Å²) in [5.41, 5.74) is 31.5. The van der Waals surface area contributed by atoms with Crippen molar-refractivity contribution in [1.82, 2.24) is 0 Å². The molecule has 0 N–H and O–H groups in total. The summed E-state index contributed by atoms with van der Waals surface area (Å²) in [4.78, 5) is 0. The highest BCUT2D eigenvalue weighted by molar-refractivity contribution is 6.05. The first-order chi connectivity index (χ1) is 45.1. The minimum atomic E-state index is -0.505. The van der Waals surface area contributed by atoms with Crippen LogP contribution in [0.15, 0.2) is 296 Å². The van der Waals surface area contributed by atoms with Crippen LogP contribution in [0.3, 0.4) is 0 Å². The molecule has 0 amide bonds. The second-order valence-corrected chi connectivity index (χ2v) is 25.3. The van der Waals surface area contributed by atoms with Gasteiger partial charge in [0.1, 0.15) is 0 Å². The summed E-state index contributed by atoms with van der Waals surface area (Å²) in [6.45, 7) is 21.4. The van der Waals surface area contributed by atoms with E-state index in [0.717, 1.165) is 32.1 Å². The molecule has 460 valence electrons. The minimum Gasteiger partial charge on any atom is -0.0842 e. The van der Waals surface area contributed by atoms with E-state index in [9.17, 15) is 0 Å². The van der Waals surface area contributed by atoms with Gasteiger partial charge in [0.15, 0.2) is 0 Å². The lowest BCUT2D eigenvalue weighted by Crippen LogP contribution is -2.29. The van der Waals surface area contributed by atoms with Gasteiger partial charge in [0.2, 0.25) is 0 Å². The molecule has 0 saturated carbocycles. The first kappa shape index (κ1) is 64.2. The first-order valence-electron chi connectivity index (χ1n) is 34.1. The van der Waals surface area contributed by atoms with Crippen molar-refractivity contribution in [3.8, 4) is 33.4 Å². The molecule has 0 aliphatic heterocycles. The lowest BCUT2D eigenvalue weighted by Gasteiger charge is -2.35. The Kier molecular flexibility index (Phi) is 20.7. The molecule has 0 radical (unpaired) electrons. The van der Waals surface area contributed by atoms with Crippen LogP contribution in [0.1, 0.15) is 151 Å². The third kappa shape index (κ3) is 13.5. The molecule has 0 bridgehead atoms. The maximum Gasteiger partial charge on any atom is 0.0714 e. The number of hydrogen-bond donors (Lipinski definition) is 0. The number of hydrogen-bond acceptors (Lipinski definition) is 0. The summed E-state index contributed by atoms with van der Waals surface area (Å²) in [6, 6.07) is 94.3. The Morgan fingerprint density at radius 2 is 1.01 bits per heavy atom. The van der Waals surface area contributed by atoms with E-state index in [1.165, 1.54) is 140 Å². The minimum absolute atomic E-state index is 0.472. The zero-order valence-corrected chi connectivity index (χ0v) is 56.1. The molecule has 11 aromatic rings. The third-order valence-electron chi connectivity index (χ3n) is 19.2. The Labute approximate surface area is 551 Å². The predicted octanol–water partition coefficient (Wildman–Crippen LogP) is 25.1. The molecule has 0 spiro atoms. The fourth-order valence-corrected chi connectivity index (χ4v) is 15.0. The van der Waals surface area contributed by atoms with Gasteiger partial charge in [-0.25, -0.2) is 0 Å².